The van der Waals surface area contributed by atoms with Gasteiger partial charge in [0.05, 0.1) is 6.04 Å². The topological polar surface area (TPSA) is 3.24 Å². The summed E-state index contributed by atoms with van der Waals surface area (Å²) < 4.78 is 31.0. The van der Waals surface area contributed by atoms with Gasteiger partial charge in [0.25, 0.3) is 0 Å². The Kier molecular flexibility index (Phi) is 3.93. The summed E-state index contributed by atoms with van der Waals surface area (Å²) in [6.45, 7) is 4.12. The molecule has 2 bridgehead atoms. The zero-order valence-corrected chi connectivity index (χ0v) is 17.6. The van der Waals surface area contributed by atoms with Gasteiger partial charge in [0.15, 0.2) is 0 Å². The van der Waals surface area contributed by atoms with E-state index in [-0.39, 0.29) is 23.2 Å². The standard InChI is InChI=1S/C27H27F2N/c1-3-6-17-10-23(28)25(24(29)11-17)26-22-12-19-7-4-5-8-20(19)21(22)9-16(2)30(26)27-13-18(14-27)15-27/h3-8,10-11,16,18,26H,9,12-15H2,1-2H3/b6-3+/t16-,18?,26-,27?/m1/s1. The lowest BCUT2D eigenvalue weighted by molar-refractivity contribution is -0.173. The number of rotatable bonds is 3. The smallest absolute Gasteiger partial charge is 0.131 e. The van der Waals surface area contributed by atoms with Gasteiger partial charge in [0.1, 0.15) is 11.6 Å². The van der Waals surface area contributed by atoms with Crippen molar-refractivity contribution in [2.24, 2.45) is 5.92 Å². The largest absolute Gasteiger partial charge is 0.284 e. The minimum Gasteiger partial charge on any atom is -0.284 e. The van der Waals surface area contributed by atoms with Crippen molar-refractivity contribution in [1.29, 1.82) is 0 Å². The molecule has 5 aliphatic rings. The average molecular weight is 404 g/mol. The van der Waals surface area contributed by atoms with Crippen LogP contribution in [-0.2, 0) is 6.42 Å². The molecule has 1 aliphatic heterocycles. The molecule has 0 N–H and O–H groups in total. The van der Waals surface area contributed by atoms with E-state index in [4.69, 9.17) is 0 Å². The molecule has 3 heteroatoms. The van der Waals surface area contributed by atoms with Crippen LogP contribution in [0.2, 0.25) is 0 Å². The third-order valence-corrected chi connectivity index (χ3v) is 7.98. The van der Waals surface area contributed by atoms with E-state index in [0.717, 1.165) is 18.8 Å². The second-order valence-corrected chi connectivity index (χ2v) is 9.80. The zero-order valence-electron chi connectivity index (χ0n) is 17.6. The summed E-state index contributed by atoms with van der Waals surface area (Å²) in [4.78, 5) is 2.51. The van der Waals surface area contributed by atoms with Crippen LogP contribution in [-0.4, -0.2) is 16.5 Å². The lowest BCUT2D eigenvalue weighted by atomic mass is 9.48. The summed E-state index contributed by atoms with van der Waals surface area (Å²) in [5.41, 5.74) is 6.10. The average Bonchev–Trinajstić information content (AvgIpc) is 2.99. The molecule has 3 fully saturated rings. The number of hydrogen-bond donors (Lipinski definition) is 0. The normalized spacial score (nSPS) is 32.1. The van der Waals surface area contributed by atoms with Gasteiger partial charge < -0.3 is 0 Å². The molecule has 3 saturated carbocycles. The highest BCUT2D eigenvalue weighted by atomic mass is 19.1. The summed E-state index contributed by atoms with van der Waals surface area (Å²) in [6, 6.07) is 11.5. The van der Waals surface area contributed by atoms with Crippen LogP contribution < -0.4 is 0 Å². The van der Waals surface area contributed by atoms with Gasteiger partial charge in [-0.15, -0.1) is 0 Å². The highest BCUT2D eigenvalue weighted by Gasteiger charge is 2.63. The first-order valence-corrected chi connectivity index (χ1v) is 11.2. The minimum atomic E-state index is -0.415. The summed E-state index contributed by atoms with van der Waals surface area (Å²) >= 11 is 0. The Morgan fingerprint density at radius 1 is 1.07 bits per heavy atom. The van der Waals surface area contributed by atoms with Crippen molar-refractivity contribution in [1.82, 2.24) is 4.90 Å². The molecule has 1 heterocycles. The van der Waals surface area contributed by atoms with Crippen LogP contribution in [0.25, 0.3) is 11.6 Å². The SMILES string of the molecule is C/C=C/c1cc(F)c([C@H]2C3=C(C[C@@H](C)N2C24CC(C2)C4)c2ccccc2C3)c(F)c1. The fraction of sp³-hybridized carbons (Fsp3) is 0.407. The van der Waals surface area contributed by atoms with E-state index in [1.807, 2.05) is 13.0 Å². The number of allylic oxidation sites excluding steroid dienone is 1. The van der Waals surface area contributed by atoms with E-state index < -0.39 is 11.6 Å². The first-order valence-electron chi connectivity index (χ1n) is 11.2. The summed E-state index contributed by atoms with van der Waals surface area (Å²) in [6.07, 6.45) is 8.90. The van der Waals surface area contributed by atoms with Crippen molar-refractivity contribution in [2.45, 2.75) is 63.6 Å². The molecule has 4 aliphatic carbocycles. The van der Waals surface area contributed by atoms with Gasteiger partial charge in [0.2, 0.25) is 0 Å². The molecular weight excluding hydrogens is 376 g/mol. The van der Waals surface area contributed by atoms with Crippen molar-refractivity contribution in [3.8, 4) is 0 Å². The van der Waals surface area contributed by atoms with Gasteiger partial charge in [0, 0.05) is 17.1 Å². The maximum absolute atomic E-state index is 15.5. The van der Waals surface area contributed by atoms with Crippen molar-refractivity contribution < 1.29 is 8.78 Å². The van der Waals surface area contributed by atoms with Gasteiger partial charge in [-0.3, -0.25) is 4.90 Å². The molecule has 0 unspecified atom stereocenters. The van der Waals surface area contributed by atoms with E-state index in [2.05, 4.69) is 36.1 Å². The molecule has 0 spiro atoms. The van der Waals surface area contributed by atoms with E-state index in [9.17, 15) is 0 Å². The van der Waals surface area contributed by atoms with Crippen molar-refractivity contribution in [3.05, 3.63) is 81.9 Å². The van der Waals surface area contributed by atoms with Crippen molar-refractivity contribution in [3.63, 3.8) is 0 Å². The van der Waals surface area contributed by atoms with E-state index in [1.165, 1.54) is 53.7 Å². The summed E-state index contributed by atoms with van der Waals surface area (Å²) in [5.74, 6) is -0.0102. The Hall–Kier alpha value is -2.26. The third-order valence-electron chi connectivity index (χ3n) is 7.98. The molecule has 1 nitrogen and oxygen atoms in total. The third kappa shape index (κ3) is 2.42. The molecule has 2 atom stereocenters. The molecule has 30 heavy (non-hydrogen) atoms. The Morgan fingerprint density at radius 3 is 2.40 bits per heavy atom. The Bertz CT molecular complexity index is 1070. The Balaban J connectivity index is 1.54. The van der Waals surface area contributed by atoms with E-state index in [0.29, 0.717) is 5.56 Å². The number of benzene rings is 2. The predicted molar refractivity (Wildman–Crippen MR) is 117 cm³/mol. The van der Waals surface area contributed by atoms with Gasteiger partial charge in [-0.05, 0) is 91.8 Å². The fourth-order valence-electron chi connectivity index (χ4n) is 6.73. The van der Waals surface area contributed by atoms with Crippen LogP contribution in [0.5, 0.6) is 0 Å². The van der Waals surface area contributed by atoms with Crippen LogP contribution in [0, 0.1) is 17.6 Å². The first-order chi connectivity index (χ1) is 14.5. The number of halogens is 2. The maximum Gasteiger partial charge on any atom is 0.131 e. The summed E-state index contributed by atoms with van der Waals surface area (Å²) in [5, 5.41) is 0. The summed E-state index contributed by atoms with van der Waals surface area (Å²) in [7, 11) is 0. The molecule has 0 aromatic heterocycles. The monoisotopic (exact) mass is 403 g/mol. The zero-order chi connectivity index (χ0) is 20.6. The maximum atomic E-state index is 15.5. The number of nitrogens with zero attached hydrogens (tertiary/aromatic N) is 1. The van der Waals surface area contributed by atoms with Crippen molar-refractivity contribution >= 4 is 11.6 Å². The number of fused-ring (bicyclic) bond motifs is 2. The second-order valence-electron chi connectivity index (χ2n) is 9.80. The highest BCUT2D eigenvalue weighted by molar-refractivity contribution is 5.79. The second kappa shape index (κ2) is 6.37. The molecule has 154 valence electrons. The Labute approximate surface area is 177 Å². The molecule has 0 radical (unpaired) electrons. The lowest BCUT2D eigenvalue weighted by Gasteiger charge is -2.70. The molecular formula is C27H27F2N. The molecule has 0 saturated heterocycles. The molecule has 0 amide bonds. The van der Waals surface area contributed by atoms with Crippen LogP contribution >= 0.6 is 0 Å². The molecule has 7 rings (SSSR count). The van der Waals surface area contributed by atoms with Crippen LogP contribution in [0.3, 0.4) is 0 Å². The van der Waals surface area contributed by atoms with Gasteiger partial charge in [-0.1, -0.05) is 36.4 Å². The van der Waals surface area contributed by atoms with Crippen LogP contribution in [0.1, 0.15) is 67.8 Å². The highest BCUT2D eigenvalue weighted by Crippen LogP contribution is 2.65. The molecule has 2 aromatic carbocycles. The quantitative estimate of drug-likeness (QED) is 0.551. The molecule has 2 aromatic rings. The fourth-order valence-corrected chi connectivity index (χ4v) is 6.73. The Morgan fingerprint density at radius 2 is 1.77 bits per heavy atom. The predicted octanol–water partition coefficient (Wildman–Crippen LogP) is 6.70. The van der Waals surface area contributed by atoms with E-state index >= 15 is 8.78 Å². The van der Waals surface area contributed by atoms with Gasteiger partial charge in [-0.25, -0.2) is 8.78 Å². The minimum absolute atomic E-state index is 0.142. The first kappa shape index (κ1) is 18.5. The van der Waals surface area contributed by atoms with Crippen LogP contribution in [0.15, 0.2) is 48.0 Å². The number of hydrogen-bond acceptors (Lipinski definition) is 1. The van der Waals surface area contributed by atoms with Crippen LogP contribution in [0.4, 0.5) is 8.78 Å². The van der Waals surface area contributed by atoms with Gasteiger partial charge in [-0.2, -0.15) is 0 Å². The van der Waals surface area contributed by atoms with Gasteiger partial charge >= 0.3 is 0 Å². The lowest BCUT2D eigenvalue weighted by Crippen LogP contribution is -2.71. The van der Waals surface area contributed by atoms with E-state index in [1.54, 1.807) is 6.08 Å². The van der Waals surface area contributed by atoms with Crippen molar-refractivity contribution in [2.75, 3.05) is 0 Å².